The summed E-state index contributed by atoms with van der Waals surface area (Å²) >= 11 is 5.23. The van der Waals surface area contributed by atoms with Crippen molar-refractivity contribution in [3.05, 3.63) is 66.7 Å². The lowest BCUT2D eigenvalue weighted by molar-refractivity contribution is 0.0977. The van der Waals surface area contributed by atoms with E-state index in [0.29, 0.717) is 36.2 Å². The van der Waals surface area contributed by atoms with E-state index in [-0.39, 0.29) is 11.0 Å². The zero-order valence-electron chi connectivity index (χ0n) is 15.5. The maximum Gasteiger partial charge on any atom is 0.257 e. The topological polar surface area (TPSA) is 59.6 Å². The van der Waals surface area contributed by atoms with Gasteiger partial charge in [0.2, 0.25) is 0 Å². The lowest BCUT2D eigenvalue weighted by Gasteiger charge is -2.12. The van der Waals surface area contributed by atoms with Crippen LogP contribution in [0.2, 0.25) is 0 Å². The molecule has 0 aliphatic rings. The van der Waals surface area contributed by atoms with E-state index in [2.05, 4.69) is 31.1 Å². The highest BCUT2D eigenvalue weighted by Crippen LogP contribution is 2.18. The summed E-state index contributed by atoms with van der Waals surface area (Å²) < 4.78 is 11.1. The molecule has 0 radical (unpaired) electrons. The van der Waals surface area contributed by atoms with E-state index in [1.165, 1.54) is 0 Å². The first-order valence-corrected chi connectivity index (χ1v) is 9.07. The zero-order chi connectivity index (χ0) is 19.6. The Kier molecular flexibility index (Phi) is 7.82. The summed E-state index contributed by atoms with van der Waals surface area (Å²) in [6.45, 7) is 8.76. The molecule has 2 aromatic rings. The quantitative estimate of drug-likeness (QED) is 0.521. The Morgan fingerprint density at radius 3 is 2.56 bits per heavy atom. The number of ether oxygens (including phenoxy) is 2. The summed E-state index contributed by atoms with van der Waals surface area (Å²) in [4.78, 5) is 12.4. The average Bonchev–Trinajstić information content (AvgIpc) is 2.65. The van der Waals surface area contributed by atoms with Crippen molar-refractivity contribution < 1.29 is 14.3 Å². The molecule has 0 saturated heterocycles. The lowest BCUT2D eigenvalue weighted by Crippen LogP contribution is -2.34. The Morgan fingerprint density at radius 2 is 1.85 bits per heavy atom. The summed E-state index contributed by atoms with van der Waals surface area (Å²) in [5.74, 6) is 1.44. The van der Waals surface area contributed by atoms with E-state index in [9.17, 15) is 4.79 Å². The van der Waals surface area contributed by atoms with Gasteiger partial charge in [-0.1, -0.05) is 38.6 Å². The number of anilines is 1. The van der Waals surface area contributed by atoms with Gasteiger partial charge in [0.15, 0.2) is 5.11 Å². The van der Waals surface area contributed by atoms with Gasteiger partial charge in [0, 0.05) is 17.3 Å². The third-order valence-corrected chi connectivity index (χ3v) is 3.57. The lowest BCUT2D eigenvalue weighted by atomic mass is 10.2. The van der Waals surface area contributed by atoms with Gasteiger partial charge in [-0.3, -0.25) is 10.1 Å². The van der Waals surface area contributed by atoms with Crippen LogP contribution in [0.4, 0.5) is 5.69 Å². The number of rotatable bonds is 8. The number of hydrogen-bond acceptors (Lipinski definition) is 4. The Morgan fingerprint density at radius 1 is 1.15 bits per heavy atom. The molecule has 6 heteroatoms. The van der Waals surface area contributed by atoms with Crippen LogP contribution in [-0.4, -0.2) is 24.2 Å². The Balaban J connectivity index is 1.94. The van der Waals surface area contributed by atoms with Crippen molar-refractivity contribution in [1.29, 1.82) is 0 Å². The fourth-order valence-electron chi connectivity index (χ4n) is 2.15. The molecule has 0 atom stereocenters. The molecule has 2 N–H and O–H groups in total. The first-order chi connectivity index (χ1) is 13.0. The molecule has 2 aromatic carbocycles. The second-order valence-corrected chi connectivity index (χ2v) is 6.68. The van der Waals surface area contributed by atoms with Crippen molar-refractivity contribution >= 4 is 28.9 Å². The molecule has 0 aliphatic carbocycles. The molecule has 2 rings (SSSR count). The van der Waals surface area contributed by atoms with E-state index < -0.39 is 0 Å². The molecule has 0 aromatic heterocycles. The van der Waals surface area contributed by atoms with Crippen LogP contribution in [0, 0.1) is 5.92 Å². The van der Waals surface area contributed by atoms with Gasteiger partial charge in [0.1, 0.15) is 18.1 Å². The van der Waals surface area contributed by atoms with E-state index in [1.54, 1.807) is 30.3 Å². The van der Waals surface area contributed by atoms with Crippen molar-refractivity contribution in [3.8, 4) is 11.5 Å². The standard InChI is InChI=1S/C21H24N2O3S/c1-4-11-25-19-10-6-8-17(13-19)22-21(27)23-20(24)16-7-5-9-18(12-16)26-14-15(2)3/h4-10,12-13,15H,1,11,14H2,2-3H3,(H2,22,23,24,27). The minimum absolute atomic E-state index is 0.203. The van der Waals surface area contributed by atoms with Crippen LogP contribution in [0.5, 0.6) is 11.5 Å². The third kappa shape index (κ3) is 7.11. The van der Waals surface area contributed by atoms with Crippen LogP contribution in [0.25, 0.3) is 0 Å². The molecule has 142 valence electrons. The van der Waals surface area contributed by atoms with E-state index >= 15 is 0 Å². The zero-order valence-corrected chi connectivity index (χ0v) is 16.3. The van der Waals surface area contributed by atoms with Crippen molar-refractivity contribution in [1.82, 2.24) is 5.32 Å². The Hall–Kier alpha value is -2.86. The smallest absolute Gasteiger partial charge is 0.257 e. The van der Waals surface area contributed by atoms with Crippen LogP contribution >= 0.6 is 12.2 Å². The summed E-state index contributed by atoms with van der Waals surface area (Å²) in [6.07, 6.45) is 1.67. The third-order valence-electron chi connectivity index (χ3n) is 3.37. The average molecular weight is 385 g/mol. The molecular formula is C21H24N2O3S. The van der Waals surface area contributed by atoms with Gasteiger partial charge in [0.05, 0.1) is 6.61 Å². The van der Waals surface area contributed by atoms with E-state index in [1.807, 2.05) is 24.3 Å². The fraction of sp³-hybridized carbons (Fsp3) is 0.238. The van der Waals surface area contributed by atoms with Crippen molar-refractivity contribution in [2.45, 2.75) is 13.8 Å². The number of amides is 1. The molecule has 0 heterocycles. The molecule has 5 nitrogen and oxygen atoms in total. The molecular weight excluding hydrogens is 360 g/mol. The van der Waals surface area contributed by atoms with Crippen LogP contribution < -0.4 is 20.1 Å². The van der Waals surface area contributed by atoms with Crippen LogP contribution in [0.1, 0.15) is 24.2 Å². The molecule has 27 heavy (non-hydrogen) atoms. The van der Waals surface area contributed by atoms with E-state index in [4.69, 9.17) is 21.7 Å². The van der Waals surface area contributed by atoms with Crippen LogP contribution in [0.15, 0.2) is 61.2 Å². The van der Waals surface area contributed by atoms with Gasteiger partial charge in [-0.15, -0.1) is 0 Å². The molecule has 0 unspecified atom stereocenters. The second-order valence-electron chi connectivity index (χ2n) is 6.27. The van der Waals surface area contributed by atoms with Gasteiger partial charge in [-0.25, -0.2) is 0 Å². The molecule has 0 spiro atoms. The monoisotopic (exact) mass is 384 g/mol. The number of carbonyl (C=O) groups is 1. The van der Waals surface area contributed by atoms with Gasteiger partial charge in [-0.2, -0.15) is 0 Å². The number of carbonyl (C=O) groups excluding carboxylic acids is 1. The number of hydrogen-bond donors (Lipinski definition) is 2. The molecule has 0 bridgehead atoms. The second kappa shape index (κ2) is 10.3. The summed E-state index contributed by atoms with van der Waals surface area (Å²) in [7, 11) is 0. The SMILES string of the molecule is C=CCOc1cccc(NC(=S)NC(=O)c2cccc(OCC(C)C)c2)c1. The largest absolute Gasteiger partial charge is 0.493 e. The maximum atomic E-state index is 12.4. The predicted octanol–water partition coefficient (Wildman–Crippen LogP) is 4.41. The minimum atomic E-state index is -0.304. The van der Waals surface area contributed by atoms with Gasteiger partial charge >= 0.3 is 0 Å². The van der Waals surface area contributed by atoms with Crippen molar-refractivity contribution in [3.63, 3.8) is 0 Å². The highest BCUT2D eigenvalue weighted by molar-refractivity contribution is 7.80. The van der Waals surface area contributed by atoms with Crippen LogP contribution in [-0.2, 0) is 0 Å². The number of nitrogens with one attached hydrogen (secondary N) is 2. The number of benzene rings is 2. The highest BCUT2D eigenvalue weighted by Gasteiger charge is 2.10. The summed E-state index contributed by atoms with van der Waals surface area (Å²) in [5.41, 5.74) is 1.19. The normalized spacial score (nSPS) is 10.2. The number of thiocarbonyl (C=S) groups is 1. The first-order valence-electron chi connectivity index (χ1n) is 8.67. The van der Waals surface area contributed by atoms with Crippen molar-refractivity contribution in [2.75, 3.05) is 18.5 Å². The van der Waals surface area contributed by atoms with Crippen molar-refractivity contribution in [2.24, 2.45) is 5.92 Å². The molecule has 1 amide bonds. The maximum absolute atomic E-state index is 12.4. The molecule has 0 aliphatic heterocycles. The minimum Gasteiger partial charge on any atom is -0.493 e. The molecule has 0 fully saturated rings. The summed E-state index contributed by atoms with van der Waals surface area (Å²) in [5, 5.41) is 5.85. The molecule has 0 saturated carbocycles. The van der Waals surface area contributed by atoms with Crippen LogP contribution in [0.3, 0.4) is 0 Å². The van der Waals surface area contributed by atoms with E-state index in [0.717, 1.165) is 5.69 Å². The fourth-order valence-corrected chi connectivity index (χ4v) is 2.36. The summed E-state index contributed by atoms with van der Waals surface area (Å²) in [6, 6.07) is 14.3. The Bertz CT molecular complexity index is 806. The van der Waals surface area contributed by atoms with Gasteiger partial charge in [0.25, 0.3) is 5.91 Å². The highest BCUT2D eigenvalue weighted by atomic mass is 32.1. The van der Waals surface area contributed by atoms with Gasteiger partial charge < -0.3 is 14.8 Å². The predicted molar refractivity (Wildman–Crippen MR) is 113 cm³/mol. The first kappa shape index (κ1) is 20.5. The van der Waals surface area contributed by atoms with Gasteiger partial charge in [-0.05, 0) is 48.5 Å². The Labute approximate surface area is 165 Å².